The fraction of sp³-hybridized carbons (Fsp3) is 0.0455. The molecule has 0 aliphatic heterocycles. The summed E-state index contributed by atoms with van der Waals surface area (Å²) in [6.07, 6.45) is 0. The summed E-state index contributed by atoms with van der Waals surface area (Å²) < 4.78 is 30.5. The van der Waals surface area contributed by atoms with Gasteiger partial charge in [-0.05, 0) is 30.3 Å². The summed E-state index contributed by atoms with van der Waals surface area (Å²) in [5.74, 6) is -0.554. The van der Waals surface area contributed by atoms with Crippen molar-refractivity contribution in [1.82, 2.24) is 19.2 Å². The molecule has 5 aromatic rings. The van der Waals surface area contributed by atoms with E-state index in [1.807, 2.05) is 12.1 Å². The molecule has 0 amide bonds. The number of halogens is 2. The third-order valence-electron chi connectivity index (χ3n) is 4.82. The molecule has 0 aliphatic rings. The van der Waals surface area contributed by atoms with E-state index in [0.29, 0.717) is 27.7 Å². The van der Waals surface area contributed by atoms with Gasteiger partial charge in [0, 0.05) is 16.5 Å². The Balaban J connectivity index is 1.78. The maximum Gasteiger partial charge on any atom is 0.351 e. The molecule has 0 fully saturated rings. The average molecular weight is 388 g/mol. The first-order valence-corrected chi connectivity index (χ1v) is 8.99. The van der Waals surface area contributed by atoms with Gasteiger partial charge in [-0.1, -0.05) is 42.5 Å². The summed E-state index contributed by atoms with van der Waals surface area (Å²) in [5, 5.41) is 5.00. The van der Waals surface area contributed by atoms with Crippen molar-refractivity contribution in [1.29, 1.82) is 0 Å². The summed E-state index contributed by atoms with van der Waals surface area (Å²) in [6.45, 7) is 0.0527. The first kappa shape index (κ1) is 17.2. The van der Waals surface area contributed by atoms with Crippen molar-refractivity contribution in [3.8, 4) is 11.4 Å². The standard InChI is InChI=1S/C22H14F2N4O/c23-16-8-5-7-14(12-16)20-25-21-17-9-2-4-11-19(17)27(22(29)28(21)26-20)13-15-6-1-3-10-18(15)24/h1-12H,13H2. The van der Waals surface area contributed by atoms with Crippen LogP contribution >= 0.6 is 0 Å². The molecule has 0 N–H and O–H groups in total. The molecule has 7 heteroatoms. The lowest BCUT2D eigenvalue weighted by Crippen LogP contribution is -2.28. The Morgan fingerprint density at radius 3 is 2.52 bits per heavy atom. The number of benzene rings is 3. The molecule has 0 unspecified atom stereocenters. The molecule has 0 atom stereocenters. The van der Waals surface area contributed by atoms with E-state index >= 15 is 0 Å². The van der Waals surface area contributed by atoms with Crippen LogP contribution in [-0.4, -0.2) is 19.2 Å². The van der Waals surface area contributed by atoms with E-state index < -0.39 is 11.5 Å². The zero-order valence-corrected chi connectivity index (χ0v) is 15.1. The van der Waals surface area contributed by atoms with Gasteiger partial charge in [0.05, 0.1) is 12.1 Å². The summed E-state index contributed by atoms with van der Waals surface area (Å²) >= 11 is 0. The molecule has 142 valence electrons. The lowest BCUT2D eigenvalue weighted by molar-refractivity contribution is 0.594. The molecule has 5 nitrogen and oxygen atoms in total. The van der Waals surface area contributed by atoms with Gasteiger partial charge in [0.25, 0.3) is 0 Å². The Bertz CT molecular complexity index is 1440. The lowest BCUT2D eigenvalue weighted by atomic mass is 10.2. The van der Waals surface area contributed by atoms with Crippen molar-refractivity contribution in [2.24, 2.45) is 0 Å². The molecule has 5 rings (SSSR count). The molecule has 0 saturated carbocycles. The van der Waals surface area contributed by atoms with Gasteiger partial charge in [0.2, 0.25) is 0 Å². The van der Waals surface area contributed by atoms with Crippen molar-refractivity contribution in [3.63, 3.8) is 0 Å². The number of hydrogen-bond donors (Lipinski definition) is 0. The maximum absolute atomic E-state index is 14.2. The van der Waals surface area contributed by atoms with Gasteiger partial charge in [-0.15, -0.1) is 5.10 Å². The van der Waals surface area contributed by atoms with Crippen molar-refractivity contribution < 1.29 is 8.78 Å². The number of para-hydroxylation sites is 1. The van der Waals surface area contributed by atoms with Crippen LogP contribution in [0.2, 0.25) is 0 Å². The smallest absolute Gasteiger partial charge is 0.287 e. The largest absolute Gasteiger partial charge is 0.351 e. The van der Waals surface area contributed by atoms with Gasteiger partial charge in [0.15, 0.2) is 11.5 Å². The molecule has 0 radical (unpaired) electrons. The van der Waals surface area contributed by atoms with Crippen LogP contribution in [0.3, 0.4) is 0 Å². The minimum Gasteiger partial charge on any atom is -0.287 e. The van der Waals surface area contributed by atoms with Gasteiger partial charge in [0.1, 0.15) is 11.6 Å². The van der Waals surface area contributed by atoms with Crippen molar-refractivity contribution in [2.45, 2.75) is 6.54 Å². The van der Waals surface area contributed by atoms with Crippen LogP contribution < -0.4 is 5.69 Å². The molecule has 0 saturated heterocycles. The zero-order chi connectivity index (χ0) is 20.0. The quantitative estimate of drug-likeness (QED) is 0.469. The van der Waals surface area contributed by atoms with Gasteiger partial charge in [-0.3, -0.25) is 4.57 Å². The van der Waals surface area contributed by atoms with Crippen LogP contribution in [0, 0.1) is 11.6 Å². The summed E-state index contributed by atoms with van der Waals surface area (Å²) in [4.78, 5) is 17.7. The Labute approximate surface area is 163 Å². The van der Waals surface area contributed by atoms with Crippen LogP contribution in [0.25, 0.3) is 27.9 Å². The zero-order valence-electron chi connectivity index (χ0n) is 15.1. The Morgan fingerprint density at radius 2 is 1.69 bits per heavy atom. The molecule has 0 aliphatic carbocycles. The van der Waals surface area contributed by atoms with Crippen LogP contribution in [0.5, 0.6) is 0 Å². The predicted molar refractivity (Wildman–Crippen MR) is 106 cm³/mol. The van der Waals surface area contributed by atoms with E-state index in [0.717, 1.165) is 0 Å². The molecular formula is C22H14F2N4O. The van der Waals surface area contributed by atoms with Crippen LogP contribution in [-0.2, 0) is 6.54 Å². The fourth-order valence-corrected chi connectivity index (χ4v) is 3.43. The van der Waals surface area contributed by atoms with Crippen molar-refractivity contribution >= 4 is 16.6 Å². The van der Waals surface area contributed by atoms with Gasteiger partial charge >= 0.3 is 5.69 Å². The maximum atomic E-state index is 14.2. The third-order valence-corrected chi connectivity index (χ3v) is 4.82. The second-order valence-corrected chi connectivity index (χ2v) is 6.66. The molecule has 2 aromatic heterocycles. The molecule has 2 heterocycles. The topological polar surface area (TPSA) is 52.2 Å². The first-order chi connectivity index (χ1) is 14.1. The van der Waals surface area contributed by atoms with Crippen molar-refractivity contribution in [2.75, 3.05) is 0 Å². The van der Waals surface area contributed by atoms with E-state index in [2.05, 4.69) is 10.1 Å². The molecule has 3 aromatic carbocycles. The third kappa shape index (κ3) is 2.87. The summed E-state index contributed by atoms with van der Waals surface area (Å²) in [6, 6.07) is 19.5. The highest BCUT2D eigenvalue weighted by atomic mass is 19.1. The van der Waals surface area contributed by atoms with E-state index in [1.165, 1.54) is 27.3 Å². The highest BCUT2D eigenvalue weighted by Gasteiger charge is 2.17. The Morgan fingerprint density at radius 1 is 0.897 bits per heavy atom. The van der Waals surface area contributed by atoms with Crippen LogP contribution in [0.15, 0.2) is 77.6 Å². The van der Waals surface area contributed by atoms with Crippen LogP contribution in [0.4, 0.5) is 8.78 Å². The number of fused-ring (bicyclic) bond motifs is 3. The molecule has 0 spiro atoms. The Kier molecular flexibility index (Phi) is 3.94. The second kappa shape index (κ2) is 6.63. The minimum atomic E-state index is -0.447. The fourth-order valence-electron chi connectivity index (χ4n) is 3.43. The normalized spacial score (nSPS) is 11.4. The average Bonchev–Trinajstić information content (AvgIpc) is 3.18. The Hall–Kier alpha value is -3.87. The van der Waals surface area contributed by atoms with Gasteiger partial charge in [-0.25, -0.2) is 18.6 Å². The van der Waals surface area contributed by atoms with E-state index in [-0.39, 0.29) is 18.2 Å². The number of aromatic nitrogens is 4. The van der Waals surface area contributed by atoms with Crippen LogP contribution in [0.1, 0.15) is 5.56 Å². The number of rotatable bonds is 3. The molecule has 29 heavy (non-hydrogen) atoms. The minimum absolute atomic E-state index is 0.0527. The van der Waals surface area contributed by atoms with Gasteiger partial charge in [-0.2, -0.15) is 4.52 Å². The molecular weight excluding hydrogens is 374 g/mol. The number of nitrogens with zero attached hydrogens (tertiary/aromatic N) is 4. The number of hydrogen-bond acceptors (Lipinski definition) is 3. The van der Waals surface area contributed by atoms with E-state index in [9.17, 15) is 13.6 Å². The SMILES string of the molecule is O=c1n(Cc2ccccc2F)c2ccccc2c2nc(-c3cccc(F)c3)nn12. The summed E-state index contributed by atoms with van der Waals surface area (Å²) in [7, 11) is 0. The lowest BCUT2D eigenvalue weighted by Gasteiger charge is -2.11. The predicted octanol–water partition coefficient (Wildman–Crippen LogP) is 4.04. The van der Waals surface area contributed by atoms with E-state index in [1.54, 1.807) is 42.5 Å². The monoisotopic (exact) mass is 388 g/mol. The van der Waals surface area contributed by atoms with Crippen molar-refractivity contribution in [3.05, 3.63) is 100 Å². The first-order valence-electron chi connectivity index (χ1n) is 8.99. The highest BCUT2D eigenvalue weighted by Crippen LogP contribution is 2.22. The molecule has 0 bridgehead atoms. The highest BCUT2D eigenvalue weighted by molar-refractivity contribution is 5.91. The summed E-state index contributed by atoms with van der Waals surface area (Å²) in [5.41, 5.74) is 1.40. The van der Waals surface area contributed by atoms with Gasteiger partial charge < -0.3 is 0 Å². The van der Waals surface area contributed by atoms with E-state index in [4.69, 9.17) is 0 Å². The second-order valence-electron chi connectivity index (χ2n) is 6.66.